The number of aromatic nitrogens is 1. The van der Waals surface area contributed by atoms with Gasteiger partial charge in [-0.05, 0) is 24.3 Å². The van der Waals surface area contributed by atoms with Gasteiger partial charge in [0.15, 0.2) is 6.39 Å². The Morgan fingerprint density at radius 1 is 1.37 bits per heavy atom. The molecule has 4 nitrogen and oxygen atoms in total. The fraction of sp³-hybridized carbons (Fsp3) is 0.154. The minimum atomic E-state index is 0. The molecule has 0 saturated carbocycles. The summed E-state index contributed by atoms with van der Waals surface area (Å²) < 4.78 is 22.6. The average Bonchev–Trinajstić information content (AvgIpc) is 2.94. The molecule has 0 spiro atoms. The number of benzene rings is 1. The Morgan fingerprint density at radius 3 is 2.63 bits per heavy atom. The molecule has 0 amide bonds. The van der Waals surface area contributed by atoms with Gasteiger partial charge in [0.2, 0.25) is 0 Å². The molecule has 1 aromatic heterocycles. The van der Waals surface area contributed by atoms with E-state index in [1.807, 2.05) is 12.1 Å². The van der Waals surface area contributed by atoms with Gasteiger partial charge >= 0.3 is 0 Å². The van der Waals surface area contributed by atoms with E-state index in [9.17, 15) is 4.39 Å². The summed E-state index contributed by atoms with van der Waals surface area (Å²) in [7, 11) is 0. The van der Waals surface area contributed by atoms with Crippen LogP contribution < -0.4 is 10.5 Å². The van der Waals surface area contributed by atoms with Gasteiger partial charge in [0.25, 0.3) is 0 Å². The number of nitrogens with two attached hydrogens (primary N) is 1. The van der Waals surface area contributed by atoms with Crippen molar-refractivity contribution in [1.29, 1.82) is 0 Å². The number of rotatable bonds is 5. The first kappa shape index (κ1) is 15.2. The Labute approximate surface area is 116 Å². The summed E-state index contributed by atoms with van der Waals surface area (Å²) >= 11 is 0. The van der Waals surface area contributed by atoms with Crippen LogP contribution in [0.5, 0.6) is 5.75 Å². The second kappa shape index (κ2) is 7.56. The molecule has 1 heterocycles. The Balaban J connectivity index is 0.00000180. The molecule has 2 rings (SSSR count). The van der Waals surface area contributed by atoms with E-state index in [0.717, 1.165) is 11.3 Å². The first-order valence-electron chi connectivity index (χ1n) is 5.43. The molecule has 102 valence electrons. The van der Waals surface area contributed by atoms with Gasteiger partial charge in [-0.2, -0.15) is 0 Å². The van der Waals surface area contributed by atoms with Gasteiger partial charge < -0.3 is 14.9 Å². The Hall–Kier alpha value is -1.85. The minimum absolute atomic E-state index is 0. The van der Waals surface area contributed by atoms with Crippen LogP contribution in [0.4, 0.5) is 4.39 Å². The first-order valence-corrected chi connectivity index (χ1v) is 5.43. The van der Waals surface area contributed by atoms with E-state index in [-0.39, 0.29) is 25.6 Å². The third-order valence-electron chi connectivity index (χ3n) is 2.42. The predicted molar refractivity (Wildman–Crippen MR) is 72.9 cm³/mol. The van der Waals surface area contributed by atoms with Crippen molar-refractivity contribution in [2.45, 2.75) is 0 Å². The smallest absolute Gasteiger partial charge is 0.181 e. The molecule has 0 saturated heterocycles. The zero-order chi connectivity index (χ0) is 12.8. The molecule has 0 aliphatic heterocycles. The van der Waals surface area contributed by atoms with Crippen LogP contribution in [0.25, 0.3) is 11.3 Å². The van der Waals surface area contributed by atoms with E-state index in [4.69, 9.17) is 14.9 Å². The topological polar surface area (TPSA) is 61.3 Å². The van der Waals surface area contributed by atoms with Crippen molar-refractivity contribution in [2.24, 2.45) is 5.73 Å². The number of ether oxygens (including phenoxy) is 1. The third-order valence-corrected chi connectivity index (χ3v) is 2.42. The van der Waals surface area contributed by atoms with E-state index >= 15 is 0 Å². The standard InChI is InChI=1S/C13H13FN2O2.ClH/c14-5-10(6-15)7-18-12-3-1-11(2-4-12)13-8-17-9-16-13;/h1-5,8-9H,6-7,15H2;1H/b10-5-;. The normalized spacial score (nSPS) is 10.9. The lowest BCUT2D eigenvalue weighted by atomic mass is 10.2. The summed E-state index contributed by atoms with van der Waals surface area (Å²) in [5.41, 5.74) is 7.43. The molecule has 0 aliphatic carbocycles. The molecule has 2 N–H and O–H groups in total. The second-order valence-electron chi connectivity index (χ2n) is 3.66. The van der Waals surface area contributed by atoms with Gasteiger partial charge in [0, 0.05) is 17.7 Å². The number of hydrogen-bond donors (Lipinski definition) is 1. The molecule has 0 aliphatic rings. The lowest BCUT2D eigenvalue weighted by Gasteiger charge is -2.07. The molecular weight excluding hydrogens is 271 g/mol. The van der Waals surface area contributed by atoms with E-state index in [2.05, 4.69) is 4.98 Å². The van der Waals surface area contributed by atoms with Crippen molar-refractivity contribution in [3.05, 3.63) is 48.8 Å². The highest BCUT2D eigenvalue weighted by molar-refractivity contribution is 5.85. The summed E-state index contributed by atoms with van der Waals surface area (Å²) in [6.07, 6.45) is 3.41. The summed E-state index contributed by atoms with van der Waals surface area (Å²) in [5, 5.41) is 0. The molecule has 0 atom stereocenters. The van der Waals surface area contributed by atoms with Crippen LogP contribution in [0.1, 0.15) is 0 Å². The minimum Gasteiger partial charge on any atom is -0.489 e. The molecule has 0 radical (unpaired) electrons. The fourth-order valence-electron chi connectivity index (χ4n) is 1.39. The summed E-state index contributed by atoms with van der Waals surface area (Å²) in [5.74, 6) is 0.648. The Kier molecular flexibility index (Phi) is 6.05. The fourth-order valence-corrected chi connectivity index (χ4v) is 1.39. The van der Waals surface area contributed by atoms with Crippen LogP contribution in [-0.4, -0.2) is 18.1 Å². The van der Waals surface area contributed by atoms with Crippen molar-refractivity contribution in [3.8, 4) is 17.0 Å². The predicted octanol–water partition coefficient (Wildman–Crippen LogP) is 2.95. The quantitative estimate of drug-likeness (QED) is 0.917. The van der Waals surface area contributed by atoms with Gasteiger partial charge in [-0.15, -0.1) is 12.4 Å². The van der Waals surface area contributed by atoms with Crippen LogP contribution in [-0.2, 0) is 0 Å². The summed E-state index contributed by atoms with van der Waals surface area (Å²) in [6.45, 7) is 0.295. The van der Waals surface area contributed by atoms with E-state index in [1.165, 1.54) is 6.39 Å². The highest BCUT2D eigenvalue weighted by Gasteiger charge is 2.02. The van der Waals surface area contributed by atoms with Gasteiger partial charge in [-0.25, -0.2) is 9.37 Å². The Bertz CT molecular complexity index is 512. The average molecular weight is 285 g/mol. The molecule has 1 aromatic carbocycles. The van der Waals surface area contributed by atoms with Crippen LogP contribution in [0.15, 0.2) is 53.2 Å². The number of hydrogen-bond acceptors (Lipinski definition) is 4. The molecule has 0 fully saturated rings. The number of oxazole rings is 1. The van der Waals surface area contributed by atoms with E-state index in [0.29, 0.717) is 17.7 Å². The maximum atomic E-state index is 12.3. The van der Waals surface area contributed by atoms with Crippen LogP contribution in [0, 0.1) is 0 Å². The summed E-state index contributed by atoms with van der Waals surface area (Å²) in [6, 6.07) is 7.29. The van der Waals surface area contributed by atoms with Crippen molar-refractivity contribution in [3.63, 3.8) is 0 Å². The molecule has 6 heteroatoms. The SMILES string of the molecule is Cl.NC/C(=C/F)COc1ccc(-c2cocn2)cc1. The molecule has 2 aromatic rings. The highest BCUT2D eigenvalue weighted by Crippen LogP contribution is 2.20. The largest absolute Gasteiger partial charge is 0.489 e. The third kappa shape index (κ3) is 4.08. The Morgan fingerprint density at radius 2 is 2.11 bits per heavy atom. The monoisotopic (exact) mass is 284 g/mol. The molecular formula is C13H14ClFN2O2. The van der Waals surface area contributed by atoms with Gasteiger partial charge in [0.1, 0.15) is 24.3 Å². The van der Waals surface area contributed by atoms with Crippen LogP contribution in [0.2, 0.25) is 0 Å². The lowest BCUT2D eigenvalue weighted by molar-refractivity contribution is 0.347. The zero-order valence-corrected chi connectivity index (χ0v) is 10.9. The maximum absolute atomic E-state index is 12.3. The number of halogens is 2. The zero-order valence-electron chi connectivity index (χ0n) is 10.1. The van der Waals surface area contributed by atoms with E-state index in [1.54, 1.807) is 18.4 Å². The lowest BCUT2D eigenvalue weighted by Crippen LogP contribution is -2.10. The van der Waals surface area contributed by atoms with Gasteiger partial charge in [-0.3, -0.25) is 0 Å². The first-order chi connectivity index (χ1) is 8.83. The van der Waals surface area contributed by atoms with Crippen LogP contribution >= 0.6 is 12.4 Å². The summed E-state index contributed by atoms with van der Waals surface area (Å²) in [4.78, 5) is 4.03. The second-order valence-corrected chi connectivity index (χ2v) is 3.66. The van der Waals surface area contributed by atoms with E-state index < -0.39 is 0 Å². The van der Waals surface area contributed by atoms with Crippen molar-refractivity contribution in [1.82, 2.24) is 4.98 Å². The van der Waals surface area contributed by atoms with Crippen LogP contribution in [0.3, 0.4) is 0 Å². The van der Waals surface area contributed by atoms with Gasteiger partial charge in [-0.1, -0.05) is 0 Å². The molecule has 0 unspecified atom stereocenters. The highest BCUT2D eigenvalue weighted by atomic mass is 35.5. The van der Waals surface area contributed by atoms with Crippen molar-refractivity contribution in [2.75, 3.05) is 13.2 Å². The molecule has 19 heavy (non-hydrogen) atoms. The van der Waals surface area contributed by atoms with Crippen molar-refractivity contribution >= 4 is 12.4 Å². The molecule has 0 bridgehead atoms. The number of nitrogens with zero attached hydrogens (tertiary/aromatic N) is 1. The maximum Gasteiger partial charge on any atom is 0.181 e. The van der Waals surface area contributed by atoms with Gasteiger partial charge in [0.05, 0.1) is 6.33 Å². The van der Waals surface area contributed by atoms with Crippen molar-refractivity contribution < 1.29 is 13.5 Å².